The van der Waals surface area contributed by atoms with E-state index in [-0.39, 0.29) is 39.7 Å². The number of carbonyl (C=O) groups excluding carboxylic acids is 2. The van der Waals surface area contributed by atoms with Crippen LogP contribution >= 0.6 is 11.8 Å². The third kappa shape index (κ3) is 5.89. The van der Waals surface area contributed by atoms with Crippen molar-refractivity contribution in [3.8, 4) is 17.2 Å². The Morgan fingerprint density at radius 1 is 0.944 bits per heavy atom. The number of nitrogens with zero attached hydrogens (tertiary/aromatic N) is 1. The lowest BCUT2D eigenvalue weighted by molar-refractivity contribution is -0.123. The summed E-state index contributed by atoms with van der Waals surface area (Å²) < 4.78 is 41.3. The van der Waals surface area contributed by atoms with Gasteiger partial charge in [-0.05, 0) is 66.7 Å². The number of thioether (sulfide) groups is 1. The Labute approximate surface area is 213 Å². The fourth-order valence-electron chi connectivity index (χ4n) is 3.33. The zero-order chi connectivity index (χ0) is 25.7. The molecule has 0 saturated carbocycles. The molecule has 0 radical (unpaired) electrons. The van der Waals surface area contributed by atoms with Gasteiger partial charge in [0.25, 0.3) is 11.1 Å². The molecule has 3 aromatic rings. The number of amides is 2. The molecule has 1 saturated heterocycles. The number of methoxy groups -OCH3 is 1. The Kier molecular flexibility index (Phi) is 7.66. The van der Waals surface area contributed by atoms with Crippen molar-refractivity contribution in [1.82, 2.24) is 4.90 Å². The minimum atomic E-state index is -4.05. The standard InChI is InChI=1S/C26H23NO7S2/c1-18-8-11-20(12-9-18)33-15-14-27-25(28)24(35-26(27)29)17-19-10-13-22(23(16-19)32-2)34-36(30,31)21-6-4-3-5-7-21/h3-13,16-17H,14-15H2,1-2H3/b24-17-. The van der Waals surface area contributed by atoms with Crippen LogP contribution < -0.4 is 13.7 Å². The predicted molar refractivity (Wildman–Crippen MR) is 137 cm³/mol. The molecule has 2 amide bonds. The van der Waals surface area contributed by atoms with E-state index in [1.54, 1.807) is 30.3 Å². The number of aryl methyl sites for hydroxylation is 1. The van der Waals surface area contributed by atoms with Gasteiger partial charge < -0.3 is 13.7 Å². The normalized spacial score (nSPS) is 14.8. The minimum Gasteiger partial charge on any atom is -0.493 e. The van der Waals surface area contributed by atoms with Crippen LogP contribution in [0.4, 0.5) is 4.79 Å². The number of hydrogen-bond donors (Lipinski definition) is 0. The van der Waals surface area contributed by atoms with Crippen LogP contribution in [-0.4, -0.2) is 44.7 Å². The molecule has 1 fully saturated rings. The highest BCUT2D eigenvalue weighted by molar-refractivity contribution is 8.18. The Balaban J connectivity index is 1.45. The van der Waals surface area contributed by atoms with Crippen LogP contribution in [0.25, 0.3) is 6.08 Å². The van der Waals surface area contributed by atoms with Gasteiger partial charge in [0.05, 0.1) is 18.6 Å². The molecule has 1 aliphatic heterocycles. The number of benzene rings is 3. The van der Waals surface area contributed by atoms with Crippen molar-refractivity contribution in [3.63, 3.8) is 0 Å². The summed E-state index contributed by atoms with van der Waals surface area (Å²) in [6.07, 6.45) is 1.55. The zero-order valence-corrected chi connectivity index (χ0v) is 21.2. The molecule has 3 aromatic carbocycles. The largest absolute Gasteiger partial charge is 0.493 e. The molecule has 0 bridgehead atoms. The van der Waals surface area contributed by atoms with Crippen molar-refractivity contribution in [1.29, 1.82) is 0 Å². The molecule has 1 aliphatic rings. The summed E-state index contributed by atoms with van der Waals surface area (Å²) >= 11 is 0.825. The third-order valence-corrected chi connectivity index (χ3v) is 7.35. The molecule has 0 atom stereocenters. The van der Waals surface area contributed by atoms with Gasteiger partial charge in [0.1, 0.15) is 17.3 Å². The van der Waals surface area contributed by atoms with Gasteiger partial charge in [0, 0.05) is 0 Å². The van der Waals surface area contributed by atoms with Crippen molar-refractivity contribution in [3.05, 3.63) is 88.8 Å². The van der Waals surface area contributed by atoms with Crippen LogP contribution in [0.1, 0.15) is 11.1 Å². The first-order valence-electron chi connectivity index (χ1n) is 10.9. The topological polar surface area (TPSA) is 99.2 Å². The predicted octanol–water partition coefficient (Wildman–Crippen LogP) is 4.89. The van der Waals surface area contributed by atoms with Crippen molar-refractivity contribution in [2.75, 3.05) is 20.3 Å². The molecular weight excluding hydrogens is 502 g/mol. The zero-order valence-electron chi connectivity index (χ0n) is 19.5. The summed E-state index contributed by atoms with van der Waals surface area (Å²) in [5.74, 6) is 0.393. The van der Waals surface area contributed by atoms with Crippen LogP contribution in [0.3, 0.4) is 0 Å². The lowest BCUT2D eigenvalue weighted by Crippen LogP contribution is -2.32. The highest BCUT2D eigenvalue weighted by atomic mass is 32.2. The molecule has 36 heavy (non-hydrogen) atoms. The average molecular weight is 526 g/mol. The van der Waals surface area contributed by atoms with Gasteiger partial charge in [-0.1, -0.05) is 42.0 Å². The first-order valence-corrected chi connectivity index (χ1v) is 13.1. The summed E-state index contributed by atoms with van der Waals surface area (Å²) in [5.41, 5.74) is 1.64. The minimum absolute atomic E-state index is 0.000128. The number of carbonyl (C=O) groups is 2. The van der Waals surface area contributed by atoms with Gasteiger partial charge in [-0.25, -0.2) is 0 Å². The van der Waals surface area contributed by atoms with E-state index < -0.39 is 16.0 Å². The highest BCUT2D eigenvalue weighted by Gasteiger charge is 2.34. The lowest BCUT2D eigenvalue weighted by Gasteiger charge is -2.13. The molecule has 8 nitrogen and oxygen atoms in total. The van der Waals surface area contributed by atoms with E-state index >= 15 is 0 Å². The second-order valence-corrected chi connectivity index (χ2v) is 10.3. The Morgan fingerprint density at radius 3 is 2.36 bits per heavy atom. The molecule has 0 aromatic heterocycles. The van der Waals surface area contributed by atoms with E-state index in [1.165, 1.54) is 31.4 Å². The Bertz CT molecular complexity index is 1400. The molecule has 0 spiro atoms. The number of hydrogen-bond acceptors (Lipinski definition) is 8. The molecule has 10 heteroatoms. The van der Waals surface area contributed by atoms with E-state index in [9.17, 15) is 18.0 Å². The number of ether oxygens (including phenoxy) is 2. The monoisotopic (exact) mass is 525 g/mol. The summed E-state index contributed by atoms with van der Waals surface area (Å²) in [6, 6.07) is 19.8. The second kappa shape index (κ2) is 10.9. The third-order valence-electron chi connectivity index (χ3n) is 5.20. The molecule has 0 unspecified atom stereocenters. The maximum Gasteiger partial charge on any atom is 0.339 e. The number of rotatable bonds is 9. The summed E-state index contributed by atoms with van der Waals surface area (Å²) in [4.78, 5) is 26.6. The maximum absolute atomic E-state index is 12.8. The van der Waals surface area contributed by atoms with E-state index in [0.29, 0.717) is 11.3 Å². The van der Waals surface area contributed by atoms with E-state index in [1.807, 2.05) is 31.2 Å². The fraction of sp³-hybridized carbons (Fsp3) is 0.154. The van der Waals surface area contributed by atoms with E-state index in [2.05, 4.69) is 0 Å². The smallest absolute Gasteiger partial charge is 0.339 e. The average Bonchev–Trinajstić information content (AvgIpc) is 3.13. The summed E-state index contributed by atoms with van der Waals surface area (Å²) in [6.45, 7) is 2.26. The van der Waals surface area contributed by atoms with Crippen molar-refractivity contribution in [2.24, 2.45) is 0 Å². The Morgan fingerprint density at radius 2 is 1.67 bits per heavy atom. The van der Waals surface area contributed by atoms with Gasteiger partial charge >= 0.3 is 10.1 Å². The van der Waals surface area contributed by atoms with Crippen molar-refractivity contribution < 1.29 is 31.7 Å². The van der Waals surface area contributed by atoms with Crippen LogP contribution in [0.5, 0.6) is 17.2 Å². The van der Waals surface area contributed by atoms with Crippen LogP contribution in [-0.2, 0) is 14.9 Å². The Hall–Kier alpha value is -3.76. The molecule has 0 aliphatic carbocycles. The van der Waals surface area contributed by atoms with Gasteiger partial charge in [-0.15, -0.1) is 0 Å². The van der Waals surface area contributed by atoms with Crippen LogP contribution in [0.2, 0.25) is 0 Å². The van der Waals surface area contributed by atoms with Gasteiger partial charge in [-0.2, -0.15) is 8.42 Å². The molecular formula is C26H23NO7S2. The molecule has 4 rings (SSSR count). The van der Waals surface area contributed by atoms with Gasteiger partial charge in [-0.3, -0.25) is 14.5 Å². The maximum atomic E-state index is 12.8. The first-order chi connectivity index (χ1) is 17.3. The van der Waals surface area contributed by atoms with Gasteiger partial charge in [0.2, 0.25) is 0 Å². The van der Waals surface area contributed by atoms with Crippen LogP contribution in [0, 0.1) is 6.92 Å². The van der Waals surface area contributed by atoms with E-state index in [4.69, 9.17) is 13.7 Å². The highest BCUT2D eigenvalue weighted by Crippen LogP contribution is 2.35. The van der Waals surface area contributed by atoms with E-state index in [0.717, 1.165) is 22.2 Å². The lowest BCUT2D eigenvalue weighted by atomic mass is 10.2. The molecule has 186 valence electrons. The van der Waals surface area contributed by atoms with Crippen LogP contribution in [0.15, 0.2) is 82.6 Å². The fourth-order valence-corrected chi connectivity index (χ4v) is 5.16. The number of imide groups is 1. The summed E-state index contributed by atoms with van der Waals surface area (Å²) in [5, 5.41) is -0.389. The van der Waals surface area contributed by atoms with Gasteiger partial charge in [0.15, 0.2) is 11.5 Å². The van der Waals surface area contributed by atoms with Crippen molar-refractivity contribution >= 4 is 39.1 Å². The summed E-state index contributed by atoms with van der Waals surface area (Å²) in [7, 11) is -2.67. The first kappa shape index (κ1) is 25.3. The molecule has 0 N–H and O–H groups in total. The SMILES string of the molecule is COc1cc(/C=C2\SC(=O)N(CCOc3ccc(C)cc3)C2=O)ccc1OS(=O)(=O)c1ccccc1. The second-order valence-electron chi connectivity index (χ2n) is 7.76. The molecule has 1 heterocycles. The van der Waals surface area contributed by atoms with Crippen molar-refractivity contribution in [2.45, 2.75) is 11.8 Å². The quantitative estimate of drug-likeness (QED) is 0.288.